The third-order valence-corrected chi connectivity index (χ3v) is 3.45. The van der Waals surface area contributed by atoms with Crippen molar-refractivity contribution in [2.24, 2.45) is 0 Å². The minimum Gasteiger partial charge on any atom is -0.506 e. The predicted octanol–water partition coefficient (Wildman–Crippen LogP) is 4.06. The van der Waals surface area contributed by atoms with Gasteiger partial charge in [0.1, 0.15) is 22.9 Å². The third-order valence-electron chi connectivity index (χ3n) is 2.85. The monoisotopic (exact) mass is 354 g/mol. The topological polar surface area (TPSA) is 66.8 Å². The summed E-state index contributed by atoms with van der Waals surface area (Å²) in [6.45, 7) is 2.12. The summed E-state index contributed by atoms with van der Waals surface area (Å²) in [5.74, 6) is -1.74. The van der Waals surface area contributed by atoms with E-state index >= 15 is 0 Å². The highest BCUT2D eigenvalue weighted by molar-refractivity contribution is 9.10. The Morgan fingerprint density at radius 2 is 2.05 bits per heavy atom. The quantitative estimate of drug-likeness (QED) is 0.868. The highest BCUT2D eigenvalue weighted by Crippen LogP contribution is 2.37. The first-order valence-electron chi connectivity index (χ1n) is 6.12. The molecule has 2 aromatic carbocycles. The second kappa shape index (κ2) is 6.13. The van der Waals surface area contributed by atoms with Gasteiger partial charge < -0.3 is 14.9 Å². The van der Waals surface area contributed by atoms with Gasteiger partial charge in [-0.15, -0.1) is 0 Å². The first-order valence-corrected chi connectivity index (χ1v) is 6.91. The largest absolute Gasteiger partial charge is 0.506 e. The van der Waals surface area contributed by atoms with Crippen LogP contribution >= 0.6 is 15.9 Å². The molecule has 0 radical (unpaired) electrons. The highest BCUT2D eigenvalue weighted by atomic mass is 79.9. The van der Waals surface area contributed by atoms with Crippen molar-refractivity contribution in [3.8, 4) is 22.6 Å². The van der Waals surface area contributed by atoms with E-state index in [1.54, 1.807) is 13.0 Å². The van der Waals surface area contributed by atoms with Gasteiger partial charge in [0, 0.05) is 11.6 Å². The van der Waals surface area contributed by atoms with Crippen LogP contribution in [-0.4, -0.2) is 22.8 Å². The molecule has 0 aliphatic heterocycles. The van der Waals surface area contributed by atoms with Crippen LogP contribution in [0.4, 0.5) is 4.39 Å². The first kappa shape index (κ1) is 15.3. The Morgan fingerprint density at radius 3 is 2.67 bits per heavy atom. The Balaban J connectivity index is 2.64. The van der Waals surface area contributed by atoms with Gasteiger partial charge in [-0.2, -0.15) is 0 Å². The summed E-state index contributed by atoms with van der Waals surface area (Å²) in [6, 6.07) is 6.87. The standard InChI is InChI=1S/C15H12BrFO4/c1-2-21-13-7-9(17)3-4-10(13)8-5-11(15(19)20)14(18)12(16)6-8/h3-7,18H,2H2,1H3,(H,19,20). The van der Waals surface area contributed by atoms with Crippen LogP contribution in [0.1, 0.15) is 17.3 Å². The van der Waals surface area contributed by atoms with Crippen LogP contribution in [0.2, 0.25) is 0 Å². The Labute approximate surface area is 128 Å². The molecule has 0 saturated heterocycles. The number of aromatic carboxylic acids is 1. The molecule has 21 heavy (non-hydrogen) atoms. The zero-order chi connectivity index (χ0) is 15.6. The number of ether oxygens (including phenoxy) is 1. The summed E-state index contributed by atoms with van der Waals surface area (Å²) in [4.78, 5) is 11.2. The minimum absolute atomic E-state index is 0.240. The maximum Gasteiger partial charge on any atom is 0.339 e. The van der Waals surface area contributed by atoms with Crippen molar-refractivity contribution < 1.29 is 24.1 Å². The van der Waals surface area contributed by atoms with Crippen LogP contribution in [0.15, 0.2) is 34.8 Å². The summed E-state index contributed by atoms with van der Waals surface area (Å²) in [5, 5.41) is 18.8. The Hall–Kier alpha value is -2.08. The number of halogens is 2. The van der Waals surface area contributed by atoms with Crippen LogP contribution in [0.25, 0.3) is 11.1 Å². The Bertz CT molecular complexity index is 700. The number of aromatic hydroxyl groups is 1. The molecule has 0 aliphatic carbocycles. The molecule has 0 aliphatic rings. The molecule has 0 unspecified atom stereocenters. The lowest BCUT2D eigenvalue weighted by molar-refractivity contribution is 0.0693. The van der Waals surface area contributed by atoms with E-state index in [1.165, 1.54) is 24.3 Å². The van der Waals surface area contributed by atoms with Gasteiger partial charge in [0.05, 0.1) is 11.1 Å². The molecule has 2 N–H and O–H groups in total. The van der Waals surface area contributed by atoms with Gasteiger partial charge in [0.2, 0.25) is 0 Å². The normalized spacial score (nSPS) is 10.4. The van der Waals surface area contributed by atoms with E-state index in [9.17, 15) is 14.3 Å². The number of benzene rings is 2. The van der Waals surface area contributed by atoms with Crippen LogP contribution in [0, 0.1) is 5.82 Å². The van der Waals surface area contributed by atoms with E-state index in [2.05, 4.69) is 15.9 Å². The van der Waals surface area contributed by atoms with Gasteiger partial charge >= 0.3 is 5.97 Å². The summed E-state index contributed by atoms with van der Waals surface area (Å²) >= 11 is 3.11. The fourth-order valence-corrected chi connectivity index (χ4v) is 2.39. The van der Waals surface area contributed by atoms with Crippen molar-refractivity contribution in [1.82, 2.24) is 0 Å². The molecule has 0 aromatic heterocycles. The molecule has 2 aromatic rings. The van der Waals surface area contributed by atoms with Gasteiger partial charge in [-0.25, -0.2) is 9.18 Å². The summed E-state index contributed by atoms with van der Waals surface area (Å²) < 4.78 is 18.9. The van der Waals surface area contributed by atoms with Crippen molar-refractivity contribution >= 4 is 21.9 Å². The molecule has 0 saturated carbocycles. The fraction of sp³-hybridized carbons (Fsp3) is 0.133. The Morgan fingerprint density at radius 1 is 1.33 bits per heavy atom. The lowest BCUT2D eigenvalue weighted by atomic mass is 10.0. The van der Waals surface area contributed by atoms with E-state index in [0.717, 1.165) is 0 Å². The highest BCUT2D eigenvalue weighted by Gasteiger charge is 2.17. The van der Waals surface area contributed by atoms with E-state index in [1.807, 2.05) is 0 Å². The second-order valence-electron chi connectivity index (χ2n) is 4.23. The number of carbonyl (C=O) groups is 1. The van der Waals surface area contributed by atoms with E-state index in [0.29, 0.717) is 23.5 Å². The van der Waals surface area contributed by atoms with Gasteiger partial charge in [-0.3, -0.25) is 0 Å². The summed E-state index contributed by atoms with van der Waals surface area (Å²) in [5.41, 5.74) is 0.799. The molecular formula is C15H12BrFO4. The summed E-state index contributed by atoms with van der Waals surface area (Å²) in [6.07, 6.45) is 0. The van der Waals surface area contributed by atoms with Crippen LogP contribution in [0.5, 0.6) is 11.5 Å². The van der Waals surface area contributed by atoms with E-state index < -0.39 is 11.8 Å². The molecule has 0 atom stereocenters. The average molecular weight is 355 g/mol. The first-order chi connectivity index (χ1) is 9.93. The average Bonchev–Trinajstić information content (AvgIpc) is 2.42. The van der Waals surface area contributed by atoms with Gasteiger partial charge in [0.25, 0.3) is 0 Å². The predicted molar refractivity (Wildman–Crippen MR) is 79.3 cm³/mol. The molecule has 6 heteroatoms. The number of hydrogen-bond donors (Lipinski definition) is 2. The van der Waals surface area contributed by atoms with Crippen molar-refractivity contribution in [2.45, 2.75) is 6.92 Å². The van der Waals surface area contributed by atoms with Crippen molar-refractivity contribution in [1.29, 1.82) is 0 Å². The molecular weight excluding hydrogens is 343 g/mol. The van der Waals surface area contributed by atoms with E-state index in [4.69, 9.17) is 9.84 Å². The molecule has 4 nitrogen and oxygen atoms in total. The summed E-state index contributed by atoms with van der Waals surface area (Å²) in [7, 11) is 0. The zero-order valence-electron chi connectivity index (χ0n) is 11.1. The van der Waals surface area contributed by atoms with E-state index in [-0.39, 0.29) is 15.8 Å². The van der Waals surface area contributed by atoms with Gasteiger partial charge in [-0.1, -0.05) is 0 Å². The maximum absolute atomic E-state index is 13.3. The van der Waals surface area contributed by atoms with Crippen LogP contribution in [-0.2, 0) is 0 Å². The number of carboxylic acid groups (broad SMARTS) is 1. The number of phenols is 1. The molecule has 0 fully saturated rings. The van der Waals surface area contributed by atoms with Crippen molar-refractivity contribution in [3.05, 3.63) is 46.2 Å². The fourth-order valence-electron chi connectivity index (χ4n) is 1.93. The molecule has 0 spiro atoms. The number of rotatable bonds is 4. The number of carboxylic acids is 1. The van der Waals surface area contributed by atoms with Crippen LogP contribution < -0.4 is 4.74 Å². The van der Waals surface area contributed by atoms with Crippen molar-refractivity contribution in [3.63, 3.8) is 0 Å². The third kappa shape index (κ3) is 3.16. The van der Waals surface area contributed by atoms with Gasteiger partial charge in [0.15, 0.2) is 0 Å². The van der Waals surface area contributed by atoms with Gasteiger partial charge in [-0.05, 0) is 52.7 Å². The molecule has 110 valence electrons. The SMILES string of the molecule is CCOc1cc(F)ccc1-c1cc(Br)c(O)c(C(=O)O)c1. The number of hydrogen-bond acceptors (Lipinski definition) is 3. The Kier molecular flexibility index (Phi) is 4.47. The van der Waals surface area contributed by atoms with Crippen LogP contribution in [0.3, 0.4) is 0 Å². The maximum atomic E-state index is 13.3. The molecule has 0 bridgehead atoms. The molecule has 2 rings (SSSR count). The zero-order valence-corrected chi connectivity index (χ0v) is 12.6. The molecule has 0 amide bonds. The molecule has 0 heterocycles. The minimum atomic E-state index is -1.25. The smallest absolute Gasteiger partial charge is 0.339 e. The van der Waals surface area contributed by atoms with Crippen molar-refractivity contribution in [2.75, 3.05) is 6.61 Å². The second-order valence-corrected chi connectivity index (χ2v) is 5.09. The lowest BCUT2D eigenvalue weighted by Crippen LogP contribution is -1.99. The lowest BCUT2D eigenvalue weighted by Gasteiger charge is -2.12.